The molecule has 1 amide bonds. The molecule has 0 saturated heterocycles. The predicted octanol–water partition coefficient (Wildman–Crippen LogP) is 4.32. The highest BCUT2D eigenvalue weighted by atomic mass is 16.5. The van der Waals surface area contributed by atoms with E-state index in [4.69, 9.17) is 9.47 Å². The zero-order valence-electron chi connectivity index (χ0n) is 18.8. The minimum absolute atomic E-state index is 0.0985. The normalized spacial score (nSPS) is 10.9. The van der Waals surface area contributed by atoms with Crippen molar-refractivity contribution in [2.45, 2.75) is 47.3 Å². The number of pyridine rings is 1. The summed E-state index contributed by atoms with van der Waals surface area (Å²) < 4.78 is 13.3. The standard InChI is InChI=1S/C24H30N4O3/c1-16(2)14-28-18(4)21(17(3)27-28)12-24(29)26-20-8-9-22(30-5)23(11-20)31-15-19-7-6-10-25-13-19/h6-11,13,16H,12,14-15H2,1-5H3,(H,26,29). The number of amides is 1. The largest absolute Gasteiger partial charge is 0.493 e. The third kappa shape index (κ3) is 5.84. The molecule has 2 heterocycles. The number of carbonyl (C=O) groups excluding carboxylic acids is 1. The van der Waals surface area contributed by atoms with Gasteiger partial charge in [-0.2, -0.15) is 5.10 Å². The average Bonchev–Trinajstić information content (AvgIpc) is 3.00. The maximum Gasteiger partial charge on any atom is 0.228 e. The van der Waals surface area contributed by atoms with E-state index in [1.807, 2.05) is 30.7 Å². The minimum atomic E-state index is -0.0985. The fourth-order valence-electron chi connectivity index (χ4n) is 3.39. The fraction of sp³-hybridized carbons (Fsp3) is 0.375. The van der Waals surface area contributed by atoms with Gasteiger partial charge in [-0.3, -0.25) is 14.5 Å². The Bertz CT molecular complexity index is 1030. The second kappa shape index (κ2) is 10.1. The summed E-state index contributed by atoms with van der Waals surface area (Å²) in [6.07, 6.45) is 3.74. The van der Waals surface area contributed by atoms with Gasteiger partial charge in [-0.25, -0.2) is 0 Å². The fourth-order valence-corrected chi connectivity index (χ4v) is 3.39. The van der Waals surface area contributed by atoms with Crippen LogP contribution in [0.1, 0.15) is 36.4 Å². The Hall–Kier alpha value is -3.35. The van der Waals surface area contributed by atoms with Crippen LogP contribution in [0.4, 0.5) is 5.69 Å². The number of nitrogens with one attached hydrogen (secondary N) is 1. The first-order valence-corrected chi connectivity index (χ1v) is 10.4. The van der Waals surface area contributed by atoms with E-state index in [2.05, 4.69) is 29.2 Å². The summed E-state index contributed by atoms with van der Waals surface area (Å²) in [6.45, 7) is 9.47. The maximum atomic E-state index is 12.7. The molecule has 164 valence electrons. The lowest BCUT2D eigenvalue weighted by Crippen LogP contribution is -2.16. The monoisotopic (exact) mass is 422 g/mol. The van der Waals surface area contributed by atoms with Crippen LogP contribution in [0.3, 0.4) is 0 Å². The molecule has 3 aromatic rings. The van der Waals surface area contributed by atoms with Gasteiger partial charge in [0.2, 0.25) is 5.91 Å². The quantitative estimate of drug-likeness (QED) is 0.556. The van der Waals surface area contributed by atoms with Crippen molar-refractivity contribution in [1.29, 1.82) is 0 Å². The first kappa shape index (κ1) is 22.3. The predicted molar refractivity (Wildman–Crippen MR) is 120 cm³/mol. The van der Waals surface area contributed by atoms with Crippen molar-refractivity contribution in [3.05, 3.63) is 65.2 Å². The second-order valence-corrected chi connectivity index (χ2v) is 7.97. The van der Waals surface area contributed by atoms with Gasteiger partial charge < -0.3 is 14.8 Å². The molecule has 0 aliphatic carbocycles. The Morgan fingerprint density at radius 3 is 2.68 bits per heavy atom. The van der Waals surface area contributed by atoms with Crippen molar-refractivity contribution in [3.63, 3.8) is 0 Å². The second-order valence-electron chi connectivity index (χ2n) is 7.97. The Morgan fingerprint density at radius 1 is 1.19 bits per heavy atom. The molecule has 1 aromatic carbocycles. The molecule has 0 unspecified atom stereocenters. The van der Waals surface area contributed by atoms with Gasteiger partial charge in [0.25, 0.3) is 0 Å². The topological polar surface area (TPSA) is 78.3 Å². The smallest absolute Gasteiger partial charge is 0.228 e. The summed E-state index contributed by atoms with van der Waals surface area (Å²) in [6, 6.07) is 9.16. The highest BCUT2D eigenvalue weighted by Crippen LogP contribution is 2.31. The molecule has 1 N–H and O–H groups in total. The number of nitrogens with zero attached hydrogens (tertiary/aromatic N) is 3. The lowest BCUT2D eigenvalue weighted by molar-refractivity contribution is -0.115. The van der Waals surface area contributed by atoms with Crippen LogP contribution in [0, 0.1) is 19.8 Å². The van der Waals surface area contributed by atoms with E-state index in [0.29, 0.717) is 29.7 Å². The molecular weight excluding hydrogens is 392 g/mol. The summed E-state index contributed by atoms with van der Waals surface area (Å²) in [5.41, 5.74) is 4.50. The molecule has 0 aliphatic rings. The van der Waals surface area contributed by atoms with Crippen LogP contribution in [0.25, 0.3) is 0 Å². The third-order valence-electron chi connectivity index (χ3n) is 4.97. The molecule has 0 radical (unpaired) electrons. The average molecular weight is 423 g/mol. The summed E-state index contributed by atoms with van der Waals surface area (Å²) in [4.78, 5) is 16.8. The lowest BCUT2D eigenvalue weighted by atomic mass is 10.1. The first-order chi connectivity index (χ1) is 14.9. The minimum Gasteiger partial charge on any atom is -0.493 e. The van der Waals surface area contributed by atoms with Crippen LogP contribution in [0.5, 0.6) is 11.5 Å². The van der Waals surface area contributed by atoms with Gasteiger partial charge in [0.1, 0.15) is 6.61 Å². The number of ether oxygens (including phenoxy) is 2. The van der Waals surface area contributed by atoms with Gasteiger partial charge in [-0.15, -0.1) is 0 Å². The van der Waals surface area contributed by atoms with Crippen LogP contribution in [-0.2, 0) is 24.4 Å². The van der Waals surface area contributed by atoms with E-state index in [1.165, 1.54) is 0 Å². The number of hydrogen-bond acceptors (Lipinski definition) is 5. The van der Waals surface area contributed by atoms with Crippen LogP contribution in [-0.4, -0.2) is 27.8 Å². The first-order valence-electron chi connectivity index (χ1n) is 10.4. The van der Waals surface area contributed by atoms with Gasteiger partial charge in [0.05, 0.1) is 19.2 Å². The van der Waals surface area contributed by atoms with Crippen molar-refractivity contribution in [1.82, 2.24) is 14.8 Å². The van der Waals surface area contributed by atoms with Crippen molar-refractivity contribution in [3.8, 4) is 11.5 Å². The van der Waals surface area contributed by atoms with Gasteiger partial charge >= 0.3 is 0 Å². The molecule has 0 fully saturated rings. The van der Waals surface area contributed by atoms with E-state index in [9.17, 15) is 4.79 Å². The van der Waals surface area contributed by atoms with E-state index in [-0.39, 0.29) is 12.3 Å². The molecule has 0 aliphatic heterocycles. The summed E-state index contributed by atoms with van der Waals surface area (Å²) in [5, 5.41) is 7.56. The van der Waals surface area contributed by atoms with E-state index in [0.717, 1.165) is 29.1 Å². The highest BCUT2D eigenvalue weighted by Gasteiger charge is 2.16. The lowest BCUT2D eigenvalue weighted by Gasteiger charge is -2.13. The zero-order chi connectivity index (χ0) is 22.4. The van der Waals surface area contributed by atoms with Gasteiger partial charge in [0, 0.05) is 47.5 Å². The molecular formula is C24H30N4O3. The molecule has 0 saturated carbocycles. The number of aromatic nitrogens is 3. The zero-order valence-corrected chi connectivity index (χ0v) is 18.8. The van der Waals surface area contributed by atoms with Gasteiger partial charge in [-0.1, -0.05) is 19.9 Å². The van der Waals surface area contributed by atoms with E-state index >= 15 is 0 Å². The number of hydrogen-bond donors (Lipinski definition) is 1. The number of carbonyl (C=O) groups is 1. The molecule has 0 atom stereocenters. The number of anilines is 1. The van der Waals surface area contributed by atoms with Crippen LogP contribution in [0.15, 0.2) is 42.7 Å². The van der Waals surface area contributed by atoms with Crippen molar-refractivity contribution >= 4 is 11.6 Å². The molecule has 7 heteroatoms. The number of aryl methyl sites for hydroxylation is 1. The number of methoxy groups -OCH3 is 1. The van der Waals surface area contributed by atoms with Gasteiger partial charge in [0.15, 0.2) is 11.5 Å². The Kier molecular flexibility index (Phi) is 7.28. The molecule has 7 nitrogen and oxygen atoms in total. The SMILES string of the molecule is COc1ccc(NC(=O)Cc2c(C)nn(CC(C)C)c2C)cc1OCc1cccnc1. The van der Waals surface area contributed by atoms with Crippen molar-refractivity contribution < 1.29 is 14.3 Å². The number of benzene rings is 1. The highest BCUT2D eigenvalue weighted by molar-refractivity contribution is 5.92. The van der Waals surface area contributed by atoms with Crippen molar-refractivity contribution in [2.75, 3.05) is 12.4 Å². The molecule has 31 heavy (non-hydrogen) atoms. The molecule has 0 spiro atoms. The third-order valence-corrected chi connectivity index (χ3v) is 4.97. The van der Waals surface area contributed by atoms with Crippen LogP contribution < -0.4 is 14.8 Å². The van der Waals surface area contributed by atoms with Gasteiger partial charge in [-0.05, 0) is 38.0 Å². The Morgan fingerprint density at radius 2 is 2.00 bits per heavy atom. The van der Waals surface area contributed by atoms with Crippen LogP contribution in [0.2, 0.25) is 0 Å². The summed E-state index contributed by atoms with van der Waals surface area (Å²) in [5.74, 6) is 1.55. The summed E-state index contributed by atoms with van der Waals surface area (Å²) >= 11 is 0. The van der Waals surface area contributed by atoms with Crippen molar-refractivity contribution in [2.24, 2.45) is 5.92 Å². The maximum absolute atomic E-state index is 12.7. The molecule has 2 aromatic heterocycles. The Labute approximate surface area is 183 Å². The van der Waals surface area contributed by atoms with E-state index in [1.54, 1.807) is 37.7 Å². The summed E-state index contributed by atoms with van der Waals surface area (Å²) in [7, 11) is 1.59. The molecule has 0 bridgehead atoms. The van der Waals surface area contributed by atoms with E-state index < -0.39 is 0 Å². The number of rotatable bonds is 9. The Balaban J connectivity index is 1.69. The molecule has 3 rings (SSSR count). The van der Waals surface area contributed by atoms with Crippen LogP contribution >= 0.6 is 0 Å².